The lowest BCUT2D eigenvalue weighted by atomic mass is 10.1. The van der Waals surface area contributed by atoms with Crippen molar-refractivity contribution in [2.45, 2.75) is 19.8 Å². The van der Waals surface area contributed by atoms with Crippen LogP contribution in [0, 0.1) is 24.7 Å². The first kappa shape index (κ1) is 15.7. The van der Waals surface area contributed by atoms with Crippen LogP contribution in [0.25, 0.3) is 0 Å². The van der Waals surface area contributed by atoms with Crippen molar-refractivity contribution in [3.05, 3.63) is 52.3 Å². The number of halogens is 1. The van der Waals surface area contributed by atoms with E-state index < -0.39 is 0 Å². The summed E-state index contributed by atoms with van der Waals surface area (Å²) >= 11 is 6.45. The van der Waals surface area contributed by atoms with Gasteiger partial charge in [-0.3, -0.25) is 10.8 Å². The van der Waals surface area contributed by atoms with E-state index in [9.17, 15) is 0 Å². The highest BCUT2D eigenvalue weighted by Crippen LogP contribution is 2.34. The first-order chi connectivity index (χ1) is 11.2. The van der Waals surface area contributed by atoms with Crippen molar-refractivity contribution >= 4 is 23.0 Å². The van der Waals surface area contributed by atoms with Gasteiger partial charge in [0.05, 0.1) is 16.4 Å². The Morgan fingerprint density at radius 2 is 2.13 bits per heavy atom. The monoisotopic (exact) mass is 326 g/mol. The number of hydrazine groups is 1. The summed E-state index contributed by atoms with van der Waals surface area (Å²) in [5.41, 5.74) is 6.87. The largest absolute Gasteiger partial charge is 0.383 e. The molecule has 0 unspecified atom stereocenters. The first-order valence-corrected chi connectivity index (χ1v) is 8.03. The van der Waals surface area contributed by atoms with Gasteiger partial charge in [0.15, 0.2) is 0 Å². The van der Waals surface area contributed by atoms with E-state index in [1.165, 1.54) is 12.8 Å². The van der Waals surface area contributed by atoms with Crippen LogP contribution in [0.1, 0.15) is 29.7 Å². The number of pyridine rings is 1. The predicted molar refractivity (Wildman–Crippen MR) is 95.4 cm³/mol. The number of nitrogens with zero attached hydrogens (tertiary/aromatic N) is 1. The molecule has 23 heavy (non-hydrogen) atoms. The summed E-state index contributed by atoms with van der Waals surface area (Å²) in [6.07, 6.45) is 4.33. The predicted octanol–water partition coefficient (Wildman–Crippen LogP) is 3.55. The Bertz CT molecular complexity index is 772. The van der Waals surface area contributed by atoms with Crippen LogP contribution < -0.4 is 16.6 Å². The molecule has 0 aliphatic heterocycles. The second kappa shape index (κ2) is 6.91. The Kier molecular flexibility index (Phi) is 4.71. The molecule has 1 fully saturated rings. The van der Waals surface area contributed by atoms with E-state index in [0.717, 1.165) is 35.0 Å². The van der Waals surface area contributed by atoms with Crippen LogP contribution in [0.2, 0.25) is 5.02 Å². The Morgan fingerprint density at radius 1 is 1.30 bits per heavy atom. The van der Waals surface area contributed by atoms with Gasteiger partial charge in [0.2, 0.25) is 0 Å². The third kappa shape index (κ3) is 3.95. The van der Waals surface area contributed by atoms with Gasteiger partial charge in [-0.1, -0.05) is 23.4 Å². The number of hydrogen-bond acceptors (Lipinski definition) is 4. The van der Waals surface area contributed by atoms with E-state index >= 15 is 0 Å². The molecule has 0 spiro atoms. The van der Waals surface area contributed by atoms with Crippen LogP contribution >= 0.6 is 11.6 Å². The Labute approximate surface area is 141 Å². The molecular formula is C18H19ClN4. The minimum absolute atomic E-state index is 0.534. The quantitative estimate of drug-likeness (QED) is 0.457. The molecule has 0 amide bonds. The molecule has 4 nitrogen and oxygen atoms in total. The summed E-state index contributed by atoms with van der Waals surface area (Å²) in [5, 5.41) is 3.93. The van der Waals surface area contributed by atoms with Crippen molar-refractivity contribution in [3.8, 4) is 11.8 Å². The molecule has 2 aromatic rings. The average molecular weight is 327 g/mol. The van der Waals surface area contributed by atoms with Gasteiger partial charge >= 0.3 is 0 Å². The molecular weight excluding hydrogens is 308 g/mol. The lowest BCUT2D eigenvalue weighted by Crippen LogP contribution is -2.12. The number of nitrogens with two attached hydrogens (primary N) is 1. The van der Waals surface area contributed by atoms with Crippen molar-refractivity contribution in [2.75, 3.05) is 17.3 Å². The van der Waals surface area contributed by atoms with Gasteiger partial charge in [0.1, 0.15) is 0 Å². The topological polar surface area (TPSA) is 63.0 Å². The first-order valence-electron chi connectivity index (χ1n) is 7.65. The van der Waals surface area contributed by atoms with Gasteiger partial charge in [-0.2, -0.15) is 0 Å². The Balaban J connectivity index is 1.85. The van der Waals surface area contributed by atoms with Crippen molar-refractivity contribution in [3.63, 3.8) is 0 Å². The van der Waals surface area contributed by atoms with Gasteiger partial charge in [-0.25, -0.2) is 0 Å². The van der Waals surface area contributed by atoms with Crippen LogP contribution in [0.5, 0.6) is 0 Å². The van der Waals surface area contributed by atoms with Crippen LogP contribution in [-0.4, -0.2) is 11.5 Å². The minimum Gasteiger partial charge on any atom is -0.383 e. The average Bonchev–Trinajstić information content (AvgIpc) is 3.36. The highest BCUT2D eigenvalue weighted by Gasteiger charge is 2.21. The maximum absolute atomic E-state index is 6.45. The van der Waals surface area contributed by atoms with Gasteiger partial charge in [0.25, 0.3) is 0 Å². The fraction of sp³-hybridized carbons (Fsp3) is 0.278. The van der Waals surface area contributed by atoms with E-state index in [1.807, 2.05) is 31.2 Å². The summed E-state index contributed by atoms with van der Waals surface area (Å²) in [5.74, 6) is 12.6. The molecule has 0 bridgehead atoms. The lowest BCUT2D eigenvalue weighted by molar-refractivity contribution is 0.889. The minimum atomic E-state index is 0.534. The SMILES string of the molecule is Cc1cc(C#Cc2ccc(NCC3CC3)c(NN)c2Cl)ccn1. The number of rotatable bonds is 4. The molecule has 5 heteroatoms. The van der Waals surface area contributed by atoms with Crippen LogP contribution in [0.3, 0.4) is 0 Å². The van der Waals surface area contributed by atoms with Crippen molar-refractivity contribution in [2.24, 2.45) is 11.8 Å². The number of hydrogen-bond donors (Lipinski definition) is 3. The third-order valence-corrected chi connectivity index (χ3v) is 4.20. The summed E-state index contributed by atoms with van der Waals surface area (Å²) in [6.45, 7) is 2.89. The fourth-order valence-electron chi connectivity index (χ4n) is 2.30. The Morgan fingerprint density at radius 3 is 2.83 bits per heavy atom. The maximum atomic E-state index is 6.45. The molecule has 1 aromatic heterocycles. The fourth-order valence-corrected chi connectivity index (χ4v) is 2.57. The van der Waals surface area contributed by atoms with Crippen molar-refractivity contribution in [1.29, 1.82) is 0 Å². The molecule has 1 heterocycles. The molecule has 3 rings (SSSR count). The molecule has 1 aliphatic rings. The number of nitrogen functional groups attached to an aromatic ring is 1. The van der Waals surface area contributed by atoms with E-state index in [0.29, 0.717) is 10.7 Å². The van der Waals surface area contributed by atoms with Crippen LogP contribution in [-0.2, 0) is 0 Å². The van der Waals surface area contributed by atoms with Crippen molar-refractivity contribution in [1.82, 2.24) is 4.98 Å². The molecule has 118 valence electrons. The zero-order valence-electron chi connectivity index (χ0n) is 13.0. The van der Waals surface area contributed by atoms with E-state index in [-0.39, 0.29) is 0 Å². The highest BCUT2D eigenvalue weighted by atomic mass is 35.5. The van der Waals surface area contributed by atoms with E-state index in [2.05, 4.69) is 27.6 Å². The molecule has 1 aromatic carbocycles. The lowest BCUT2D eigenvalue weighted by Gasteiger charge is -2.13. The zero-order chi connectivity index (χ0) is 16.2. The number of aryl methyl sites for hydroxylation is 1. The second-order valence-corrected chi connectivity index (χ2v) is 6.13. The molecule has 0 saturated heterocycles. The number of benzene rings is 1. The normalized spacial score (nSPS) is 13.2. The third-order valence-electron chi connectivity index (χ3n) is 3.80. The highest BCUT2D eigenvalue weighted by molar-refractivity contribution is 6.35. The Hall–Kier alpha value is -2.22. The van der Waals surface area contributed by atoms with Gasteiger partial charge in [-0.15, -0.1) is 0 Å². The van der Waals surface area contributed by atoms with E-state index in [1.54, 1.807) is 6.20 Å². The summed E-state index contributed by atoms with van der Waals surface area (Å²) in [6, 6.07) is 7.70. The molecule has 0 atom stereocenters. The smallest absolute Gasteiger partial charge is 0.0920 e. The molecule has 0 radical (unpaired) electrons. The summed E-state index contributed by atoms with van der Waals surface area (Å²) in [4.78, 5) is 4.16. The van der Waals surface area contributed by atoms with Gasteiger partial charge in [-0.05, 0) is 49.9 Å². The van der Waals surface area contributed by atoms with Crippen LogP contribution in [0.4, 0.5) is 11.4 Å². The van der Waals surface area contributed by atoms with Crippen molar-refractivity contribution < 1.29 is 0 Å². The van der Waals surface area contributed by atoms with Crippen LogP contribution in [0.15, 0.2) is 30.5 Å². The van der Waals surface area contributed by atoms with E-state index in [4.69, 9.17) is 17.4 Å². The number of aromatic nitrogens is 1. The molecule has 4 N–H and O–H groups in total. The number of nitrogens with one attached hydrogen (secondary N) is 2. The van der Waals surface area contributed by atoms with Gasteiger partial charge < -0.3 is 10.7 Å². The molecule has 1 aliphatic carbocycles. The molecule has 1 saturated carbocycles. The summed E-state index contributed by atoms with van der Waals surface area (Å²) < 4.78 is 0. The zero-order valence-corrected chi connectivity index (χ0v) is 13.7. The standard InChI is InChI=1S/C18H19ClN4/c1-12-10-13(8-9-21-12)4-5-15-6-7-16(18(23-20)17(15)19)22-11-14-2-3-14/h6-10,14,22-23H,2-3,11,20H2,1H3. The maximum Gasteiger partial charge on any atom is 0.0920 e. The summed E-state index contributed by atoms with van der Waals surface area (Å²) in [7, 11) is 0. The number of anilines is 2. The second-order valence-electron chi connectivity index (χ2n) is 5.75. The van der Waals surface area contributed by atoms with Gasteiger partial charge in [0, 0.05) is 29.6 Å².